The summed E-state index contributed by atoms with van der Waals surface area (Å²) in [6.45, 7) is 6.09. The van der Waals surface area contributed by atoms with E-state index in [1.54, 1.807) is 11.3 Å². The highest BCUT2D eigenvalue weighted by Crippen LogP contribution is 2.33. The monoisotopic (exact) mass is 310 g/mol. The third-order valence-corrected chi connectivity index (χ3v) is 4.95. The van der Waals surface area contributed by atoms with Gasteiger partial charge in [0.05, 0.1) is 22.5 Å². The van der Waals surface area contributed by atoms with Gasteiger partial charge in [-0.05, 0) is 18.1 Å². The summed E-state index contributed by atoms with van der Waals surface area (Å²) >= 11 is 1.75. The molecular formula is C17H18N4S. The van der Waals surface area contributed by atoms with Crippen LogP contribution in [-0.4, -0.2) is 15.0 Å². The molecule has 0 spiro atoms. The van der Waals surface area contributed by atoms with Crippen LogP contribution in [0.1, 0.15) is 30.9 Å². The third kappa shape index (κ3) is 2.46. The van der Waals surface area contributed by atoms with Crippen molar-refractivity contribution < 1.29 is 0 Å². The van der Waals surface area contributed by atoms with Gasteiger partial charge in [0.1, 0.15) is 5.82 Å². The van der Waals surface area contributed by atoms with Crippen molar-refractivity contribution in [2.24, 2.45) is 5.92 Å². The number of hydrogen-bond donors (Lipinski definition) is 0. The molecule has 0 saturated carbocycles. The molecule has 0 radical (unpaired) electrons. The molecule has 22 heavy (non-hydrogen) atoms. The number of para-hydroxylation sites is 1. The van der Waals surface area contributed by atoms with Crippen LogP contribution in [-0.2, 0) is 19.5 Å². The second-order valence-electron chi connectivity index (χ2n) is 6.18. The van der Waals surface area contributed by atoms with Gasteiger partial charge in [0.2, 0.25) is 0 Å². The van der Waals surface area contributed by atoms with Crippen molar-refractivity contribution in [2.75, 3.05) is 4.90 Å². The maximum absolute atomic E-state index is 4.75. The maximum atomic E-state index is 4.75. The number of anilines is 1. The molecule has 0 saturated heterocycles. The van der Waals surface area contributed by atoms with Crippen molar-refractivity contribution in [3.05, 3.63) is 47.5 Å². The molecule has 5 heteroatoms. The molecule has 3 aromatic rings. The highest BCUT2D eigenvalue weighted by Gasteiger charge is 2.24. The first kappa shape index (κ1) is 13.6. The van der Waals surface area contributed by atoms with E-state index in [1.165, 1.54) is 10.3 Å². The highest BCUT2D eigenvalue weighted by molar-refractivity contribution is 7.22. The molecule has 0 fully saturated rings. The fourth-order valence-electron chi connectivity index (χ4n) is 2.79. The Morgan fingerprint density at radius 1 is 1.18 bits per heavy atom. The van der Waals surface area contributed by atoms with Crippen LogP contribution in [0.3, 0.4) is 0 Å². The molecule has 3 heterocycles. The van der Waals surface area contributed by atoms with E-state index in [0.717, 1.165) is 41.7 Å². The number of rotatable bonds is 3. The molecule has 0 unspecified atom stereocenters. The summed E-state index contributed by atoms with van der Waals surface area (Å²) in [5.74, 6) is 1.54. The molecule has 0 bridgehead atoms. The van der Waals surface area contributed by atoms with E-state index < -0.39 is 0 Å². The van der Waals surface area contributed by atoms with Crippen molar-refractivity contribution in [3.63, 3.8) is 0 Å². The minimum absolute atomic E-state index is 0.583. The normalized spacial score (nSPS) is 14.0. The Bertz CT molecular complexity index is 791. The van der Waals surface area contributed by atoms with Crippen LogP contribution in [0.25, 0.3) is 10.2 Å². The Morgan fingerprint density at radius 2 is 2.05 bits per heavy atom. The zero-order chi connectivity index (χ0) is 15.1. The number of aromatic nitrogens is 3. The van der Waals surface area contributed by atoms with Crippen LogP contribution in [0.2, 0.25) is 0 Å². The molecular weight excluding hydrogens is 292 g/mol. The minimum Gasteiger partial charge on any atom is -0.338 e. The lowest BCUT2D eigenvalue weighted by molar-refractivity contribution is 0.617. The maximum Gasteiger partial charge on any atom is 0.187 e. The lowest BCUT2D eigenvalue weighted by Gasteiger charge is -2.12. The van der Waals surface area contributed by atoms with Crippen LogP contribution in [0.5, 0.6) is 0 Å². The summed E-state index contributed by atoms with van der Waals surface area (Å²) in [7, 11) is 0. The summed E-state index contributed by atoms with van der Waals surface area (Å²) in [5, 5.41) is 1.07. The highest BCUT2D eigenvalue weighted by atomic mass is 32.1. The van der Waals surface area contributed by atoms with E-state index in [4.69, 9.17) is 9.97 Å². The number of nitrogens with zero attached hydrogens (tertiary/aromatic N) is 4. The predicted octanol–water partition coefficient (Wildman–Crippen LogP) is 3.81. The van der Waals surface area contributed by atoms with Gasteiger partial charge < -0.3 is 4.90 Å². The van der Waals surface area contributed by atoms with E-state index in [1.807, 2.05) is 12.3 Å². The Kier molecular flexibility index (Phi) is 3.30. The number of benzene rings is 1. The van der Waals surface area contributed by atoms with Crippen LogP contribution < -0.4 is 4.90 Å². The van der Waals surface area contributed by atoms with Gasteiger partial charge in [-0.1, -0.05) is 37.3 Å². The van der Waals surface area contributed by atoms with Crippen molar-refractivity contribution >= 4 is 26.7 Å². The Morgan fingerprint density at radius 3 is 2.86 bits per heavy atom. The van der Waals surface area contributed by atoms with Crippen LogP contribution >= 0.6 is 11.3 Å². The Hall–Kier alpha value is -2.01. The number of hydrogen-bond acceptors (Lipinski definition) is 5. The van der Waals surface area contributed by atoms with Gasteiger partial charge in [-0.15, -0.1) is 0 Å². The van der Waals surface area contributed by atoms with Gasteiger partial charge in [-0.3, -0.25) is 0 Å². The molecule has 4 rings (SSSR count). The Balaban J connectivity index is 1.61. The van der Waals surface area contributed by atoms with Crippen molar-refractivity contribution in [3.8, 4) is 0 Å². The summed E-state index contributed by atoms with van der Waals surface area (Å²) < 4.78 is 1.24. The van der Waals surface area contributed by atoms with Gasteiger partial charge in [0, 0.05) is 24.7 Å². The van der Waals surface area contributed by atoms with Crippen molar-refractivity contribution in [1.82, 2.24) is 15.0 Å². The van der Waals surface area contributed by atoms with E-state index in [2.05, 4.69) is 41.9 Å². The van der Waals surface area contributed by atoms with E-state index in [9.17, 15) is 0 Å². The van der Waals surface area contributed by atoms with Gasteiger partial charge in [-0.25, -0.2) is 15.0 Å². The molecule has 2 aromatic heterocycles. The zero-order valence-corrected chi connectivity index (χ0v) is 13.6. The average Bonchev–Trinajstić information content (AvgIpc) is 3.09. The van der Waals surface area contributed by atoms with E-state index >= 15 is 0 Å². The van der Waals surface area contributed by atoms with Gasteiger partial charge in [0.25, 0.3) is 0 Å². The van der Waals surface area contributed by atoms with Crippen molar-refractivity contribution in [1.29, 1.82) is 0 Å². The zero-order valence-electron chi connectivity index (χ0n) is 12.8. The van der Waals surface area contributed by atoms with Gasteiger partial charge >= 0.3 is 0 Å². The summed E-state index contributed by atoms with van der Waals surface area (Å²) in [5.41, 5.74) is 3.46. The fraction of sp³-hybridized carbons (Fsp3) is 0.353. The molecule has 0 atom stereocenters. The molecule has 0 amide bonds. The first-order valence-corrected chi connectivity index (χ1v) is 8.45. The van der Waals surface area contributed by atoms with Crippen LogP contribution in [0.15, 0.2) is 30.5 Å². The lowest BCUT2D eigenvalue weighted by atomic mass is 10.1. The molecule has 1 aliphatic heterocycles. The summed E-state index contributed by atoms with van der Waals surface area (Å²) in [6, 6.07) is 8.29. The smallest absolute Gasteiger partial charge is 0.187 e. The molecule has 112 valence electrons. The standard InChI is InChI=1S/C17H18N4S/c1-11(2)7-16-18-8-12-9-21(10-14(12)19-16)17-20-13-5-3-4-6-15(13)22-17/h3-6,8,11H,7,9-10H2,1-2H3. The molecule has 0 N–H and O–H groups in total. The lowest BCUT2D eigenvalue weighted by Crippen LogP contribution is -2.14. The van der Waals surface area contributed by atoms with Crippen LogP contribution in [0.4, 0.5) is 5.13 Å². The first-order chi connectivity index (χ1) is 10.7. The summed E-state index contributed by atoms with van der Waals surface area (Å²) in [4.78, 5) is 16.3. The minimum atomic E-state index is 0.583. The largest absolute Gasteiger partial charge is 0.338 e. The second kappa shape index (κ2) is 5.32. The topological polar surface area (TPSA) is 41.9 Å². The SMILES string of the molecule is CC(C)Cc1ncc2c(n1)CN(c1nc3ccccc3s1)C2. The van der Waals surface area contributed by atoms with E-state index in [-0.39, 0.29) is 0 Å². The molecule has 4 nitrogen and oxygen atoms in total. The average molecular weight is 310 g/mol. The van der Waals surface area contributed by atoms with Crippen LogP contribution in [0, 0.1) is 5.92 Å². The summed E-state index contributed by atoms with van der Waals surface area (Å²) in [6.07, 6.45) is 2.93. The quantitative estimate of drug-likeness (QED) is 0.738. The predicted molar refractivity (Wildman–Crippen MR) is 90.1 cm³/mol. The molecule has 0 aliphatic carbocycles. The molecule has 1 aliphatic rings. The third-order valence-electron chi connectivity index (χ3n) is 3.85. The van der Waals surface area contributed by atoms with Gasteiger partial charge in [-0.2, -0.15) is 0 Å². The second-order valence-corrected chi connectivity index (χ2v) is 7.19. The Labute approximate surface area is 133 Å². The first-order valence-electron chi connectivity index (χ1n) is 7.63. The number of thiazole rings is 1. The van der Waals surface area contributed by atoms with Gasteiger partial charge in [0.15, 0.2) is 5.13 Å². The fourth-order valence-corrected chi connectivity index (χ4v) is 3.75. The van der Waals surface area contributed by atoms with E-state index in [0.29, 0.717) is 5.92 Å². The molecule has 1 aromatic carbocycles. The van der Waals surface area contributed by atoms with Crippen molar-refractivity contribution in [2.45, 2.75) is 33.4 Å². The number of fused-ring (bicyclic) bond motifs is 2.